The van der Waals surface area contributed by atoms with Crippen LogP contribution in [0.15, 0.2) is 291 Å². The lowest BCUT2D eigenvalue weighted by atomic mass is 9.97. The zero-order valence-corrected chi connectivity index (χ0v) is 38.9. The Bertz CT molecular complexity index is 4220. The van der Waals surface area contributed by atoms with Gasteiger partial charge in [0.05, 0.1) is 22.1 Å². The summed E-state index contributed by atoms with van der Waals surface area (Å²) in [6.07, 6.45) is 0. The van der Waals surface area contributed by atoms with E-state index in [4.69, 9.17) is 4.42 Å². The second-order valence-electron chi connectivity index (χ2n) is 18.1. The summed E-state index contributed by atoms with van der Waals surface area (Å²) >= 11 is 0. The fourth-order valence-corrected chi connectivity index (χ4v) is 15.1. The monoisotopic (exact) mass is 912 g/mol. The quantitative estimate of drug-likeness (QED) is 0.149. The van der Waals surface area contributed by atoms with Crippen LogP contribution in [0.25, 0.3) is 99.2 Å². The molecular formula is C66H44N2OS. The van der Waals surface area contributed by atoms with Crippen LogP contribution in [0.5, 0.6) is 0 Å². The molecule has 0 fully saturated rings. The van der Waals surface area contributed by atoms with Crippen LogP contribution in [0.4, 0.5) is 0 Å². The third kappa shape index (κ3) is 6.17. The van der Waals surface area contributed by atoms with Crippen molar-refractivity contribution >= 4 is 75.6 Å². The Morgan fingerprint density at radius 1 is 0.271 bits per heavy atom. The molecule has 0 saturated heterocycles. The molecule has 0 unspecified atom stereocenters. The molecule has 70 heavy (non-hydrogen) atoms. The van der Waals surface area contributed by atoms with E-state index in [2.05, 4.69) is 276 Å². The van der Waals surface area contributed by atoms with E-state index in [0.29, 0.717) is 0 Å². The molecule has 0 radical (unpaired) electrons. The highest BCUT2D eigenvalue weighted by Gasteiger charge is 2.36. The molecule has 3 aromatic heterocycles. The number of furan rings is 1. The zero-order valence-electron chi connectivity index (χ0n) is 38.1. The van der Waals surface area contributed by atoms with E-state index in [9.17, 15) is 0 Å². The minimum absolute atomic E-state index is 0.897. The predicted molar refractivity (Wildman–Crippen MR) is 293 cm³/mol. The van der Waals surface area contributed by atoms with Gasteiger partial charge in [0, 0.05) is 63.3 Å². The molecule has 0 aliphatic carbocycles. The summed E-state index contributed by atoms with van der Waals surface area (Å²) in [6.45, 7) is 0. The van der Waals surface area contributed by atoms with Gasteiger partial charge in [-0.1, -0.05) is 164 Å². The van der Waals surface area contributed by atoms with Crippen LogP contribution in [0.3, 0.4) is 0 Å². The van der Waals surface area contributed by atoms with Gasteiger partial charge in [-0.2, -0.15) is 0 Å². The Hall–Kier alpha value is -8.83. The second-order valence-corrected chi connectivity index (χ2v) is 21.1. The molecule has 3 heterocycles. The lowest BCUT2D eigenvalue weighted by Gasteiger charge is -2.42. The first-order chi connectivity index (χ1) is 34.7. The lowest BCUT2D eigenvalue weighted by Crippen LogP contribution is -2.06. The van der Waals surface area contributed by atoms with Crippen LogP contribution in [-0.2, 0) is 0 Å². The maximum absolute atomic E-state index is 6.92. The molecule has 330 valence electrons. The Morgan fingerprint density at radius 3 is 1.36 bits per heavy atom. The van der Waals surface area contributed by atoms with Crippen LogP contribution < -0.4 is 0 Å². The van der Waals surface area contributed by atoms with Crippen molar-refractivity contribution in [3.8, 4) is 33.6 Å². The van der Waals surface area contributed by atoms with Crippen molar-refractivity contribution in [2.45, 2.75) is 19.6 Å². The minimum Gasteiger partial charge on any atom is -0.455 e. The smallest absolute Gasteiger partial charge is 0.148 e. The largest absolute Gasteiger partial charge is 0.455 e. The molecule has 0 saturated carbocycles. The van der Waals surface area contributed by atoms with Crippen LogP contribution >= 0.6 is 10.0 Å². The van der Waals surface area contributed by atoms with Gasteiger partial charge in [0.2, 0.25) is 0 Å². The maximum atomic E-state index is 6.92. The van der Waals surface area contributed by atoms with Gasteiger partial charge in [0.1, 0.15) is 11.2 Å². The highest BCUT2D eigenvalue weighted by Crippen LogP contribution is 2.75. The number of hydrogen-bond acceptors (Lipinski definition) is 1. The van der Waals surface area contributed by atoms with E-state index in [1.807, 2.05) is 0 Å². The van der Waals surface area contributed by atoms with Crippen molar-refractivity contribution in [2.24, 2.45) is 0 Å². The first-order valence-electron chi connectivity index (χ1n) is 23.9. The number of aromatic nitrogens is 2. The van der Waals surface area contributed by atoms with Crippen LogP contribution in [0.2, 0.25) is 0 Å². The standard InChI is InChI=1S/C66H44N2OS/c1-3-24-51(25-4-1)70(52-26-5-2-6-27-52,65-38-18-33-58-57-32-10-14-37-64(57)69-66(58)65)53-28-17-23-50(44-53)68-62-36-13-9-31-56(62)59-43-48(39-40-63(59)68)46-20-15-19-45(41-46)47-21-16-22-49(42-47)67-60-34-11-7-29-54(60)55-30-8-12-35-61(55)67/h1-44H. The van der Waals surface area contributed by atoms with Crippen LogP contribution in [0.1, 0.15) is 0 Å². The Morgan fingerprint density at radius 2 is 0.714 bits per heavy atom. The number of nitrogens with zero attached hydrogens (tertiary/aromatic N) is 2. The Labute approximate surface area is 407 Å². The molecule has 0 aliphatic rings. The number of fused-ring (bicyclic) bond motifs is 9. The molecule has 0 aliphatic heterocycles. The highest BCUT2D eigenvalue weighted by molar-refractivity contribution is 8.34. The fraction of sp³-hybridized carbons (Fsp3) is 0. The van der Waals surface area contributed by atoms with E-state index in [1.165, 1.54) is 79.9 Å². The van der Waals surface area contributed by atoms with E-state index in [0.717, 1.165) is 38.8 Å². The summed E-state index contributed by atoms with van der Waals surface area (Å²) in [5.74, 6) is 0. The average molecular weight is 913 g/mol. The second kappa shape index (κ2) is 16.2. The first-order valence-corrected chi connectivity index (χ1v) is 25.5. The molecular weight excluding hydrogens is 869 g/mol. The number of para-hydroxylation sites is 5. The molecule has 14 aromatic rings. The Kier molecular flexibility index (Phi) is 9.29. The van der Waals surface area contributed by atoms with Crippen molar-refractivity contribution < 1.29 is 4.42 Å². The van der Waals surface area contributed by atoms with Crippen molar-refractivity contribution in [1.29, 1.82) is 0 Å². The third-order valence-corrected chi connectivity index (χ3v) is 18.1. The molecule has 0 bridgehead atoms. The molecule has 14 rings (SSSR count). The number of rotatable bonds is 8. The number of benzene rings is 11. The van der Waals surface area contributed by atoms with Gasteiger partial charge in [-0.15, -0.1) is 10.0 Å². The highest BCUT2D eigenvalue weighted by atomic mass is 32.3. The summed E-state index contributed by atoms with van der Waals surface area (Å²) < 4.78 is 11.8. The maximum Gasteiger partial charge on any atom is 0.148 e. The van der Waals surface area contributed by atoms with Gasteiger partial charge in [-0.05, 0) is 125 Å². The zero-order chi connectivity index (χ0) is 46.2. The summed E-state index contributed by atoms with van der Waals surface area (Å²) in [5.41, 5.74) is 13.6. The van der Waals surface area contributed by atoms with Gasteiger partial charge in [0.15, 0.2) is 0 Å². The van der Waals surface area contributed by atoms with Crippen molar-refractivity contribution in [3.63, 3.8) is 0 Å². The average Bonchev–Trinajstić information content (AvgIpc) is 4.10. The van der Waals surface area contributed by atoms with Crippen LogP contribution in [-0.4, -0.2) is 9.13 Å². The molecule has 4 heteroatoms. The van der Waals surface area contributed by atoms with Crippen molar-refractivity contribution in [3.05, 3.63) is 267 Å². The van der Waals surface area contributed by atoms with Crippen LogP contribution in [0, 0.1) is 0 Å². The van der Waals surface area contributed by atoms with E-state index in [-0.39, 0.29) is 0 Å². The van der Waals surface area contributed by atoms with Gasteiger partial charge < -0.3 is 13.6 Å². The van der Waals surface area contributed by atoms with Crippen molar-refractivity contribution in [2.75, 3.05) is 0 Å². The fourth-order valence-electron chi connectivity index (χ4n) is 11.1. The normalized spacial score (nSPS) is 12.2. The Balaban J connectivity index is 0.917. The summed E-state index contributed by atoms with van der Waals surface area (Å²) in [7, 11) is -2.12. The van der Waals surface area contributed by atoms with Gasteiger partial charge >= 0.3 is 0 Å². The van der Waals surface area contributed by atoms with Crippen molar-refractivity contribution in [1.82, 2.24) is 9.13 Å². The molecule has 0 N–H and O–H groups in total. The molecule has 0 spiro atoms. The van der Waals surface area contributed by atoms with E-state index < -0.39 is 10.0 Å². The summed E-state index contributed by atoms with van der Waals surface area (Å²) in [6, 6.07) is 97.7. The lowest BCUT2D eigenvalue weighted by molar-refractivity contribution is 0.659. The minimum atomic E-state index is -2.12. The third-order valence-electron chi connectivity index (χ3n) is 14.2. The summed E-state index contributed by atoms with van der Waals surface area (Å²) in [5, 5.41) is 7.22. The van der Waals surface area contributed by atoms with Gasteiger partial charge in [-0.25, -0.2) is 0 Å². The van der Waals surface area contributed by atoms with E-state index >= 15 is 0 Å². The SMILES string of the molecule is c1ccc(S(c2ccccc2)(c2cccc(-n3c4ccccc4c4cc(-c5cccc(-c6cccc(-n7c8ccccc8c8ccccc87)c6)c5)ccc43)c2)c2cccc3c2oc2ccccc23)cc1. The molecule has 0 amide bonds. The van der Waals surface area contributed by atoms with E-state index in [1.54, 1.807) is 0 Å². The van der Waals surface area contributed by atoms with Gasteiger partial charge in [-0.3, -0.25) is 0 Å². The van der Waals surface area contributed by atoms with Gasteiger partial charge in [0.25, 0.3) is 0 Å². The molecule has 0 atom stereocenters. The topological polar surface area (TPSA) is 23.0 Å². The summed E-state index contributed by atoms with van der Waals surface area (Å²) in [4.78, 5) is 4.91. The molecule has 3 nitrogen and oxygen atoms in total. The number of hydrogen-bond donors (Lipinski definition) is 0. The first kappa shape index (κ1) is 40.3. The molecule has 11 aromatic carbocycles. The predicted octanol–water partition coefficient (Wildman–Crippen LogP) is 18.5.